The highest BCUT2D eigenvalue weighted by molar-refractivity contribution is 7.10. The van der Waals surface area contributed by atoms with E-state index in [1.807, 2.05) is 59.9 Å². The molecule has 0 radical (unpaired) electrons. The van der Waals surface area contributed by atoms with Crippen molar-refractivity contribution in [1.82, 2.24) is 0 Å². The lowest BCUT2D eigenvalue weighted by molar-refractivity contribution is 0.534. The first-order valence-electron chi connectivity index (χ1n) is 7.34. The molecule has 0 bridgehead atoms. The van der Waals surface area contributed by atoms with Crippen LogP contribution < -0.4 is 0 Å². The fourth-order valence-corrected chi connectivity index (χ4v) is 3.88. The molecule has 0 aliphatic rings. The van der Waals surface area contributed by atoms with E-state index in [9.17, 15) is 8.78 Å². The lowest BCUT2D eigenvalue weighted by Crippen LogP contribution is -2.11. The van der Waals surface area contributed by atoms with Crippen molar-refractivity contribution < 1.29 is 8.78 Å². The number of aryl methyl sites for hydroxylation is 2. The zero-order chi connectivity index (χ0) is 17.3. The maximum atomic E-state index is 13.3. The van der Waals surface area contributed by atoms with Crippen molar-refractivity contribution in [2.75, 3.05) is 0 Å². The fraction of sp³-hybridized carbons (Fsp3) is 0.556. The van der Waals surface area contributed by atoms with Crippen molar-refractivity contribution in [2.45, 2.75) is 66.2 Å². The predicted molar refractivity (Wildman–Crippen MR) is 95.4 cm³/mol. The summed E-state index contributed by atoms with van der Waals surface area (Å²) in [4.78, 5) is 1.91. The highest BCUT2D eigenvalue weighted by Gasteiger charge is 2.21. The summed E-state index contributed by atoms with van der Waals surface area (Å²) in [5.74, 6) is -0.0255. The first-order valence-corrected chi connectivity index (χ1v) is 9.04. The maximum Gasteiger partial charge on any atom is 0.180 e. The Hall–Kier alpha value is -0.740. The zero-order valence-electron chi connectivity index (χ0n) is 14.7. The van der Waals surface area contributed by atoms with E-state index in [1.54, 1.807) is 6.92 Å². The average molecular weight is 345 g/mol. The zero-order valence-corrected chi connectivity index (χ0v) is 16.4. The lowest BCUT2D eigenvalue weighted by Gasteiger charge is -2.16. The van der Waals surface area contributed by atoms with Crippen LogP contribution in [0.5, 0.6) is 0 Å². The second kappa shape index (κ2) is 6.79. The summed E-state index contributed by atoms with van der Waals surface area (Å²) in [6.45, 7) is 15.9. The van der Waals surface area contributed by atoms with Gasteiger partial charge >= 0.3 is 0 Å². The molecule has 124 valence electrons. The smallest absolute Gasteiger partial charge is 0.180 e. The fourth-order valence-electron chi connectivity index (χ4n) is 1.93. The summed E-state index contributed by atoms with van der Waals surface area (Å²) < 4.78 is 26.4. The quantitative estimate of drug-likeness (QED) is 0.483. The minimum Gasteiger partial charge on any atom is -0.205 e. The molecule has 4 heteroatoms. The van der Waals surface area contributed by atoms with E-state index in [2.05, 4.69) is 0 Å². The van der Waals surface area contributed by atoms with Gasteiger partial charge in [0, 0.05) is 15.3 Å². The number of thiophene rings is 2. The monoisotopic (exact) mass is 344 g/mol. The summed E-state index contributed by atoms with van der Waals surface area (Å²) in [5.41, 5.74) is 1.48. The molecular weight excluding hydrogens is 318 g/mol. The number of halogens is 2. The molecule has 0 saturated heterocycles. The molecule has 22 heavy (non-hydrogen) atoms. The van der Waals surface area contributed by atoms with E-state index >= 15 is 0 Å². The van der Waals surface area contributed by atoms with Crippen LogP contribution in [-0.4, -0.2) is 0 Å². The highest BCUT2D eigenvalue weighted by atomic mass is 32.1. The third-order valence-electron chi connectivity index (χ3n) is 3.20. The molecule has 0 fully saturated rings. The SMILES string of the molecule is Cc1cc(C(C)(C)C)c(F)s1.Cc1csc(C(C)(C)C)c1F. The largest absolute Gasteiger partial charge is 0.205 e. The number of hydrogen-bond acceptors (Lipinski definition) is 2. The van der Waals surface area contributed by atoms with Crippen molar-refractivity contribution >= 4 is 22.7 Å². The Morgan fingerprint density at radius 3 is 1.64 bits per heavy atom. The molecule has 0 atom stereocenters. The molecule has 0 saturated carbocycles. The Balaban J connectivity index is 0.000000220. The van der Waals surface area contributed by atoms with Crippen molar-refractivity contribution in [3.05, 3.63) is 43.3 Å². The van der Waals surface area contributed by atoms with Crippen LogP contribution in [0.1, 0.15) is 62.4 Å². The molecule has 0 unspecified atom stereocenters. The average Bonchev–Trinajstić information content (AvgIpc) is 2.82. The van der Waals surface area contributed by atoms with Gasteiger partial charge in [0.25, 0.3) is 0 Å². The van der Waals surface area contributed by atoms with Crippen molar-refractivity contribution in [1.29, 1.82) is 0 Å². The Morgan fingerprint density at radius 2 is 1.45 bits per heavy atom. The van der Waals surface area contributed by atoms with Gasteiger partial charge in [-0.15, -0.1) is 22.7 Å². The van der Waals surface area contributed by atoms with Gasteiger partial charge in [-0.1, -0.05) is 41.5 Å². The molecule has 0 aromatic carbocycles. The van der Waals surface area contributed by atoms with Crippen LogP contribution in [0, 0.1) is 24.8 Å². The van der Waals surface area contributed by atoms with E-state index < -0.39 is 0 Å². The molecule has 2 aromatic rings. The second-order valence-electron chi connectivity index (χ2n) is 7.61. The molecule has 0 nitrogen and oxygen atoms in total. The van der Waals surface area contributed by atoms with Gasteiger partial charge < -0.3 is 0 Å². The van der Waals surface area contributed by atoms with Gasteiger partial charge in [0.15, 0.2) is 5.13 Å². The van der Waals surface area contributed by atoms with Crippen LogP contribution >= 0.6 is 22.7 Å². The van der Waals surface area contributed by atoms with Crippen LogP contribution in [0.25, 0.3) is 0 Å². The highest BCUT2D eigenvalue weighted by Crippen LogP contribution is 2.32. The van der Waals surface area contributed by atoms with Gasteiger partial charge in [-0.05, 0) is 41.7 Å². The summed E-state index contributed by atoms with van der Waals surface area (Å²) in [6.07, 6.45) is 0. The lowest BCUT2D eigenvalue weighted by atomic mass is 9.89. The van der Waals surface area contributed by atoms with Crippen LogP contribution in [-0.2, 0) is 10.8 Å². The van der Waals surface area contributed by atoms with E-state index in [4.69, 9.17) is 0 Å². The summed E-state index contributed by atoms with van der Waals surface area (Å²) in [6, 6.07) is 1.93. The normalized spacial score (nSPS) is 12.1. The van der Waals surface area contributed by atoms with Crippen LogP contribution in [0.3, 0.4) is 0 Å². The van der Waals surface area contributed by atoms with Gasteiger partial charge in [0.05, 0.1) is 0 Å². The van der Waals surface area contributed by atoms with Gasteiger partial charge in [-0.3, -0.25) is 0 Å². The topological polar surface area (TPSA) is 0 Å². The molecular formula is C18H26F2S2. The summed E-state index contributed by atoms with van der Waals surface area (Å²) in [5, 5.41) is 1.84. The van der Waals surface area contributed by atoms with Crippen molar-refractivity contribution in [2.24, 2.45) is 0 Å². The Morgan fingerprint density at radius 1 is 0.909 bits per heavy atom. The predicted octanol–water partition coefficient (Wildman–Crippen LogP) is 6.99. The van der Waals surface area contributed by atoms with E-state index in [0.717, 1.165) is 20.9 Å². The first-order chi connectivity index (χ1) is 9.84. The summed E-state index contributed by atoms with van der Waals surface area (Å²) in [7, 11) is 0. The minimum absolute atomic E-state index is 0.0255. The van der Waals surface area contributed by atoms with E-state index in [1.165, 1.54) is 22.7 Å². The maximum absolute atomic E-state index is 13.3. The molecule has 0 spiro atoms. The minimum atomic E-state index is -0.0607. The molecule has 0 N–H and O–H groups in total. The molecule has 2 rings (SSSR count). The third kappa shape index (κ3) is 4.88. The first kappa shape index (κ1) is 19.3. The Bertz CT molecular complexity index is 611. The van der Waals surface area contributed by atoms with Gasteiger partial charge in [-0.2, -0.15) is 4.39 Å². The Labute approximate surface area is 141 Å². The molecule has 0 amide bonds. The van der Waals surface area contributed by atoms with Gasteiger partial charge in [0.2, 0.25) is 0 Å². The summed E-state index contributed by atoms with van der Waals surface area (Å²) >= 11 is 2.74. The molecule has 0 aliphatic heterocycles. The van der Waals surface area contributed by atoms with E-state index in [0.29, 0.717) is 0 Å². The Kier molecular flexibility index (Phi) is 5.96. The van der Waals surface area contributed by atoms with Crippen LogP contribution in [0.4, 0.5) is 8.78 Å². The van der Waals surface area contributed by atoms with Gasteiger partial charge in [0.1, 0.15) is 5.82 Å². The van der Waals surface area contributed by atoms with Crippen molar-refractivity contribution in [3.8, 4) is 0 Å². The molecule has 2 heterocycles. The molecule has 2 aromatic heterocycles. The van der Waals surface area contributed by atoms with Crippen LogP contribution in [0.15, 0.2) is 11.4 Å². The van der Waals surface area contributed by atoms with Gasteiger partial charge in [-0.25, -0.2) is 4.39 Å². The number of rotatable bonds is 0. The second-order valence-corrected chi connectivity index (χ2v) is 9.69. The third-order valence-corrected chi connectivity index (χ3v) is 5.54. The number of hydrogen-bond donors (Lipinski definition) is 0. The van der Waals surface area contributed by atoms with Crippen molar-refractivity contribution in [3.63, 3.8) is 0 Å². The molecule has 0 aliphatic carbocycles. The van der Waals surface area contributed by atoms with E-state index in [-0.39, 0.29) is 21.8 Å². The van der Waals surface area contributed by atoms with Crippen LogP contribution in [0.2, 0.25) is 0 Å². The standard InChI is InChI=1S/2C9H13FS/c1-6-5-11-8(7(6)10)9(2,3)4;1-6-5-7(8(10)11-6)9(2,3)4/h2*5H,1-4H3.